The van der Waals surface area contributed by atoms with Gasteiger partial charge in [-0.3, -0.25) is 24.1 Å². The number of fused-ring (bicyclic) bond motifs is 4. The summed E-state index contributed by atoms with van der Waals surface area (Å²) in [6, 6.07) is 3.89. The highest BCUT2D eigenvalue weighted by Crippen LogP contribution is 2.67. The van der Waals surface area contributed by atoms with Crippen LogP contribution in [0.15, 0.2) is 29.8 Å². The van der Waals surface area contributed by atoms with E-state index in [1.54, 1.807) is 13.0 Å². The maximum Gasteiger partial charge on any atom is 0.258 e. The minimum atomic E-state index is -2.74. The van der Waals surface area contributed by atoms with Crippen LogP contribution in [-0.2, 0) is 19.2 Å². The van der Waals surface area contributed by atoms with Crippen molar-refractivity contribution in [3.63, 3.8) is 0 Å². The number of alkyl halides is 2. The number of phenolic OH excluding ortho intramolecular Hbond substituents is 1. The van der Waals surface area contributed by atoms with Gasteiger partial charge in [-0.05, 0) is 44.6 Å². The van der Waals surface area contributed by atoms with Crippen LogP contribution in [-0.4, -0.2) is 56.0 Å². The Morgan fingerprint density at radius 3 is 2.14 bits per heavy atom. The number of imide groups is 2. The molecule has 0 radical (unpaired) electrons. The fourth-order valence-electron chi connectivity index (χ4n) is 8.68. The van der Waals surface area contributed by atoms with Crippen molar-refractivity contribution in [2.75, 3.05) is 11.5 Å². The third-order valence-corrected chi connectivity index (χ3v) is 12.2. The van der Waals surface area contributed by atoms with Crippen LogP contribution >= 0.6 is 23.2 Å². The van der Waals surface area contributed by atoms with Crippen molar-refractivity contribution in [1.82, 2.24) is 4.90 Å². The van der Waals surface area contributed by atoms with Crippen molar-refractivity contribution in [2.24, 2.45) is 17.8 Å². The molecule has 2 aromatic rings. The molecular weight excluding hydrogens is 698 g/mol. The SMILES string of the molecule is CCOc1cccc([C@H]2C3=CC[C@@H]4C(=O)N(C5CCCCC5)C(=O)[C@@H]4[C@@H]3C[C@@]3(Cl)C(=O)N(c4c(F)c(F)c(F)c(F)c4F)C(=O)[C@@]23Cl)c1O. The summed E-state index contributed by atoms with van der Waals surface area (Å²) in [6.45, 7) is 1.74. The van der Waals surface area contributed by atoms with Crippen molar-refractivity contribution in [2.45, 2.75) is 73.6 Å². The highest BCUT2D eigenvalue weighted by atomic mass is 35.5. The van der Waals surface area contributed by atoms with Crippen molar-refractivity contribution in [1.29, 1.82) is 0 Å². The largest absolute Gasteiger partial charge is 0.504 e. The van der Waals surface area contributed by atoms with Crippen LogP contribution in [0.5, 0.6) is 11.5 Å². The van der Waals surface area contributed by atoms with Crippen molar-refractivity contribution in [3.8, 4) is 11.5 Å². The third-order valence-electron chi connectivity index (χ3n) is 10.8. The van der Waals surface area contributed by atoms with E-state index in [9.17, 15) is 37.5 Å². The molecule has 2 saturated carbocycles. The summed E-state index contributed by atoms with van der Waals surface area (Å²) in [5, 5.41) is 11.4. The number of aromatic hydroxyl groups is 1. The first-order chi connectivity index (χ1) is 23.2. The minimum Gasteiger partial charge on any atom is -0.504 e. The Bertz CT molecular complexity index is 1840. The number of likely N-dealkylation sites (tertiary alicyclic amines) is 1. The smallest absolute Gasteiger partial charge is 0.258 e. The summed E-state index contributed by atoms with van der Waals surface area (Å²) in [4.78, 5) is 52.3. The molecule has 4 fully saturated rings. The third kappa shape index (κ3) is 4.39. The topological polar surface area (TPSA) is 104 Å². The van der Waals surface area contributed by atoms with Gasteiger partial charge < -0.3 is 9.84 Å². The molecule has 3 aliphatic carbocycles. The molecule has 5 aliphatic rings. The summed E-state index contributed by atoms with van der Waals surface area (Å²) in [5.74, 6) is -21.5. The Morgan fingerprint density at radius 2 is 1.51 bits per heavy atom. The van der Waals surface area contributed by atoms with Gasteiger partial charge in [-0.1, -0.05) is 43.0 Å². The summed E-state index contributed by atoms with van der Waals surface area (Å²) in [7, 11) is 0. The summed E-state index contributed by atoms with van der Waals surface area (Å²) in [6.07, 6.45) is 4.87. The maximum absolute atomic E-state index is 15.2. The van der Waals surface area contributed by atoms with E-state index >= 15 is 8.78 Å². The molecule has 260 valence electrons. The summed E-state index contributed by atoms with van der Waals surface area (Å²) >= 11 is 14.3. The predicted molar refractivity (Wildman–Crippen MR) is 164 cm³/mol. The van der Waals surface area contributed by atoms with Gasteiger partial charge in [0.25, 0.3) is 11.8 Å². The van der Waals surface area contributed by atoms with Gasteiger partial charge in [0.05, 0.1) is 18.4 Å². The Balaban J connectivity index is 1.43. The quantitative estimate of drug-likeness (QED) is 0.0958. The number of carbonyl (C=O) groups is 4. The zero-order valence-corrected chi connectivity index (χ0v) is 27.4. The number of halogens is 7. The summed E-state index contributed by atoms with van der Waals surface area (Å²) in [5.41, 5.74) is -1.72. The van der Waals surface area contributed by atoms with Crippen LogP contribution in [0.4, 0.5) is 27.6 Å². The molecule has 0 aromatic heterocycles. The Hall–Kier alpha value is -3.71. The molecule has 2 aromatic carbocycles. The molecule has 4 amide bonds. The van der Waals surface area contributed by atoms with E-state index in [4.69, 9.17) is 27.9 Å². The number of carbonyl (C=O) groups excluding carboxylic acids is 4. The Kier molecular flexibility index (Phi) is 8.05. The first-order valence-electron chi connectivity index (χ1n) is 16.0. The monoisotopic (exact) mass is 726 g/mol. The van der Waals surface area contributed by atoms with Gasteiger partial charge in [0.15, 0.2) is 44.5 Å². The Labute approximate surface area is 286 Å². The van der Waals surface area contributed by atoms with Gasteiger partial charge in [-0.2, -0.15) is 0 Å². The zero-order chi connectivity index (χ0) is 35.3. The molecule has 2 heterocycles. The number of amides is 4. The molecule has 1 N–H and O–H groups in total. The highest BCUT2D eigenvalue weighted by Gasteiger charge is 2.77. The molecule has 15 heteroatoms. The molecule has 6 atom stereocenters. The first-order valence-corrected chi connectivity index (χ1v) is 16.8. The number of hydrogen-bond donors (Lipinski definition) is 1. The number of ether oxygens (including phenoxy) is 1. The lowest BCUT2D eigenvalue weighted by Crippen LogP contribution is -2.60. The molecular formula is C34H29Cl2F5N2O6. The van der Waals surface area contributed by atoms with Crippen LogP contribution in [0.1, 0.15) is 63.4 Å². The second-order valence-electron chi connectivity index (χ2n) is 13.2. The molecule has 0 spiro atoms. The van der Waals surface area contributed by atoms with Gasteiger partial charge in [-0.25, -0.2) is 26.9 Å². The second-order valence-corrected chi connectivity index (χ2v) is 14.4. The molecule has 49 heavy (non-hydrogen) atoms. The fraction of sp³-hybridized carbons (Fsp3) is 0.471. The van der Waals surface area contributed by atoms with E-state index in [2.05, 4.69) is 0 Å². The lowest BCUT2D eigenvalue weighted by Gasteiger charge is -2.50. The van der Waals surface area contributed by atoms with Crippen molar-refractivity contribution < 1.29 is 51.0 Å². The number of rotatable bonds is 5. The zero-order valence-electron chi connectivity index (χ0n) is 25.9. The van der Waals surface area contributed by atoms with Crippen LogP contribution in [0.3, 0.4) is 0 Å². The van der Waals surface area contributed by atoms with Crippen LogP contribution < -0.4 is 9.64 Å². The van der Waals surface area contributed by atoms with Crippen LogP contribution in [0.25, 0.3) is 0 Å². The van der Waals surface area contributed by atoms with Crippen LogP contribution in [0, 0.1) is 46.8 Å². The van der Waals surface area contributed by atoms with E-state index in [1.165, 1.54) is 23.1 Å². The number of benzene rings is 2. The van der Waals surface area contributed by atoms with Gasteiger partial charge >= 0.3 is 0 Å². The standard InChI is InChI=1S/C34H29Cl2F5N2O6/c1-2-49-19-10-6-9-17(28(19)44)21-15-11-12-16-20(30(46)42(29(16)45)14-7-4-3-5-8-14)18(15)13-33(35)31(47)43(32(48)34(21,33)36)27-25(40)23(38)22(37)24(39)26(27)41/h6,9-11,14,16,18,20-21,44H,2-5,7-8,12-13H2,1H3/t16-,18+,20-,21+,33+,34-/m0/s1. The average Bonchev–Trinajstić information content (AvgIpc) is 3.43. The van der Waals surface area contributed by atoms with E-state index in [1.807, 2.05) is 0 Å². The number of nitrogens with zero attached hydrogens (tertiary/aromatic N) is 2. The molecule has 2 saturated heterocycles. The Morgan fingerprint density at radius 1 is 0.878 bits per heavy atom. The van der Waals surface area contributed by atoms with Gasteiger partial charge in [0.1, 0.15) is 5.69 Å². The number of allylic oxidation sites excluding steroid dienone is 2. The number of phenols is 1. The van der Waals surface area contributed by atoms with Crippen LogP contribution in [0.2, 0.25) is 0 Å². The minimum absolute atomic E-state index is 0.0262. The molecule has 8 nitrogen and oxygen atoms in total. The van der Waals surface area contributed by atoms with Gasteiger partial charge in [0.2, 0.25) is 17.6 Å². The lowest BCUT2D eigenvalue weighted by atomic mass is 9.56. The lowest BCUT2D eigenvalue weighted by molar-refractivity contribution is -0.143. The molecule has 7 rings (SSSR count). The predicted octanol–water partition coefficient (Wildman–Crippen LogP) is 6.38. The highest BCUT2D eigenvalue weighted by molar-refractivity contribution is 6.58. The molecule has 2 aliphatic heterocycles. The van der Waals surface area contributed by atoms with Crippen molar-refractivity contribution >= 4 is 52.5 Å². The van der Waals surface area contributed by atoms with E-state index in [0.717, 1.165) is 19.3 Å². The number of hydrogen-bond acceptors (Lipinski definition) is 6. The second kappa shape index (κ2) is 11.7. The fourth-order valence-corrected chi connectivity index (χ4v) is 9.61. The normalized spacial score (nSPS) is 31.6. The summed E-state index contributed by atoms with van der Waals surface area (Å²) < 4.78 is 78.9. The number of anilines is 1. The van der Waals surface area contributed by atoms with Gasteiger partial charge in [0, 0.05) is 17.5 Å². The van der Waals surface area contributed by atoms with E-state index < -0.39 is 104 Å². The number of para-hydroxylation sites is 1. The maximum atomic E-state index is 15.2. The van der Waals surface area contributed by atoms with E-state index in [0.29, 0.717) is 12.8 Å². The average molecular weight is 728 g/mol. The van der Waals surface area contributed by atoms with E-state index in [-0.39, 0.29) is 40.9 Å². The molecule has 0 unspecified atom stereocenters. The molecule has 0 bridgehead atoms. The van der Waals surface area contributed by atoms with Crippen molar-refractivity contribution in [3.05, 3.63) is 64.5 Å². The van der Waals surface area contributed by atoms with Gasteiger partial charge in [-0.15, -0.1) is 23.2 Å². The first kappa shape index (κ1) is 33.8.